The molecule has 7 nitrogen and oxygen atoms in total. The van der Waals surface area contributed by atoms with Gasteiger partial charge in [0.25, 0.3) is 0 Å². The maximum Gasteiger partial charge on any atom is 0.418 e. The normalized spacial score (nSPS) is 12.5. The Bertz CT molecular complexity index is 349. The van der Waals surface area contributed by atoms with E-state index < -0.39 is 29.7 Å². The van der Waals surface area contributed by atoms with Gasteiger partial charge in [-0.3, -0.25) is 4.79 Å². The van der Waals surface area contributed by atoms with Crippen molar-refractivity contribution in [3.8, 4) is 0 Å². The van der Waals surface area contributed by atoms with Crippen LogP contribution in [0, 0.1) is 0 Å². The minimum Gasteiger partial charge on any atom is -0.463 e. The van der Waals surface area contributed by atoms with Crippen LogP contribution in [0.2, 0.25) is 0 Å². The number of amides is 2. The summed E-state index contributed by atoms with van der Waals surface area (Å²) in [4.78, 5) is 35.7. The predicted molar refractivity (Wildman–Crippen MR) is 68.0 cm³/mol. The second kappa shape index (κ2) is 7.08. The molecule has 0 radical (unpaired) electrons. The summed E-state index contributed by atoms with van der Waals surface area (Å²) in [6.45, 7) is 8.21. The Morgan fingerprint density at radius 2 is 1.74 bits per heavy atom. The average Bonchev–Trinajstić information content (AvgIpc) is 2.26. The molecule has 7 heteroatoms. The minimum absolute atomic E-state index is 0.0202. The third kappa shape index (κ3) is 5.69. The number of hydrogen-bond acceptors (Lipinski definition) is 6. The van der Waals surface area contributed by atoms with Crippen LogP contribution in [0.4, 0.5) is 4.79 Å². The van der Waals surface area contributed by atoms with Crippen molar-refractivity contribution in [3.05, 3.63) is 0 Å². The highest BCUT2D eigenvalue weighted by Gasteiger charge is 2.35. The third-order valence-electron chi connectivity index (χ3n) is 1.97. The quantitative estimate of drug-likeness (QED) is 0.606. The highest BCUT2D eigenvalue weighted by molar-refractivity contribution is 5.96. The van der Waals surface area contributed by atoms with E-state index in [-0.39, 0.29) is 13.0 Å². The van der Waals surface area contributed by atoms with E-state index in [1.54, 1.807) is 34.6 Å². The number of rotatable bonds is 4. The smallest absolute Gasteiger partial charge is 0.418 e. The van der Waals surface area contributed by atoms with Crippen molar-refractivity contribution in [2.24, 2.45) is 5.73 Å². The number of hydrogen-bond donors (Lipinski definition) is 1. The van der Waals surface area contributed by atoms with Crippen molar-refractivity contribution in [2.75, 3.05) is 6.61 Å². The Morgan fingerprint density at radius 3 is 2.11 bits per heavy atom. The first-order valence-corrected chi connectivity index (χ1v) is 6.11. The first-order valence-electron chi connectivity index (χ1n) is 6.11. The molecule has 2 N–H and O–H groups in total. The Kier molecular flexibility index (Phi) is 6.47. The summed E-state index contributed by atoms with van der Waals surface area (Å²) in [5.74, 6) is -1.45. The molecule has 110 valence electrons. The van der Waals surface area contributed by atoms with Crippen molar-refractivity contribution in [3.63, 3.8) is 0 Å². The maximum atomic E-state index is 11.9. The van der Waals surface area contributed by atoms with Gasteiger partial charge in [0.05, 0.1) is 6.61 Å². The van der Waals surface area contributed by atoms with Gasteiger partial charge in [0.15, 0.2) is 6.17 Å². The maximum absolute atomic E-state index is 11.9. The number of carbonyl (C=O) groups excluding carboxylic acids is 3. The first kappa shape index (κ1) is 17.4. The highest BCUT2D eigenvalue weighted by atomic mass is 16.6. The van der Waals surface area contributed by atoms with Crippen LogP contribution in [0.15, 0.2) is 0 Å². The van der Waals surface area contributed by atoms with Crippen LogP contribution in [-0.4, -0.2) is 41.2 Å². The van der Waals surface area contributed by atoms with E-state index in [1.807, 2.05) is 0 Å². The summed E-state index contributed by atoms with van der Waals surface area (Å²) in [5, 5.41) is 0. The Morgan fingerprint density at radius 1 is 1.21 bits per heavy atom. The van der Waals surface area contributed by atoms with Gasteiger partial charge in [-0.25, -0.2) is 14.5 Å². The number of ether oxygens (including phenoxy) is 2. The lowest BCUT2D eigenvalue weighted by Crippen LogP contribution is -2.55. The van der Waals surface area contributed by atoms with Crippen molar-refractivity contribution in [1.29, 1.82) is 0 Å². The molecular weight excluding hydrogens is 252 g/mol. The van der Waals surface area contributed by atoms with Gasteiger partial charge in [-0.1, -0.05) is 6.92 Å². The molecule has 0 bridgehead atoms. The van der Waals surface area contributed by atoms with Gasteiger partial charge in [0, 0.05) is 6.42 Å². The van der Waals surface area contributed by atoms with Crippen LogP contribution >= 0.6 is 0 Å². The molecule has 0 aliphatic rings. The topological polar surface area (TPSA) is 98.9 Å². The Balaban J connectivity index is 5.06. The number of carbonyl (C=O) groups is 3. The van der Waals surface area contributed by atoms with E-state index in [1.165, 1.54) is 0 Å². The molecule has 1 atom stereocenters. The van der Waals surface area contributed by atoms with Crippen molar-refractivity contribution < 1.29 is 23.9 Å². The molecule has 0 saturated heterocycles. The molecule has 0 unspecified atom stereocenters. The van der Waals surface area contributed by atoms with Crippen molar-refractivity contribution in [2.45, 2.75) is 52.8 Å². The van der Waals surface area contributed by atoms with Gasteiger partial charge < -0.3 is 15.2 Å². The third-order valence-corrected chi connectivity index (χ3v) is 1.97. The van der Waals surface area contributed by atoms with Crippen molar-refractivity contribution >= 4 is 18.0 Å². The largest absolute Gasteiger partial charge is 0.463 e. The number of imide groups is 1. The fraction of sp³-hybridized carbons (Fsp3) is 0.750. The molecule has 0 aliphatic heterocycles. The zero-order chi connectivity index (χ0) is 15.2. The molecule has 0 rings (SSSR count). The second-order valence-electron chi connectivity index (χ2n) is 4.79. The molecule has 0 fully saturated rings. The lowest BCUT2D eigenvalue weighted by Gasteiger charge is -2.28. The van der Waals surface area contributed by atoms with Gasteiger partial charge in [-0.15, -0.1) is 0 Å². The summed E-state index contributed by atoms with van der Waals surface area (Å²) >= 11 is 0. The van der Waals surface area contributed by atoms with Crippen LogP contribution < -0.4 is 5.73 Å². The summed E-state index contributed by atoms with van der Waals surface area (Å²) in [6.07, 6.45) is -2.44. The van der Waals surface area contributed by atoms with E-state index in [9.17, 15) is 14.4 Å². The van der Waals surface area contributed by atoms with Gasteiger partial charge in [0.1, 0.15) is 5.60 Å². The zero-order valence-electron chi connectivity index (χ0n) is 12.1. The second-order valence-corrected chi connectivity index (χ2v) is 4.79. The monoisotopic (exact) mass is 274 g/mol. The molecule has 0 aliphatic carbocycles. The molecule has 0 saturated carbocycles. The number of nitrogens with two attached hydrogens (primary N) is 1. The summed E-state index contributed by atoms with van der Waals surface area (Å²) < 4.78 is 9.74. The molecule has 0 aromatic rings. The minimum atomic E-state index is -1.50. The molecule has 19 heavy (non-hydrogen) atoms. The summed E-state index contributed by atoms with van der Waals surface area (Å²) in [6, 6.07) is 0. The van der Waals surface area contributed by atoms with Crippen LogP contribution in [0.3, 0.4) is 0 Å². The average molecular weight is 274 g/mol. The van der Waals surface area contributed by atoms with E-state index in [0.29, 0.717) is 4.90 Å². The van der Waals surface area contributed by atoms with Crippen LogP contribution in [0.5, 0.6) is 0 Å². The number of nitrogens with zero attached hydrogens (tertiary/aromatic N) is 1. The first-order chi connectivity index (χ1) is 8.64. The molecule has 0 aromatic heterocycles. The summed E-state index contributed by atoms with van der Waals surface area (Å²) in [7, 11) is 0. The summed E-state index contributed by atoms with van der Waals surface area (Å²) in [5.41, 5.74) is 4.78. The lowest BCUT2D eigenvalue weighted by atomic mass is 10.2. The fourth-order valence-electron chi connectivity index (χ4n) is 1.19. The van der Waals surface area contributed by atoms with Gasteiger partial charge in [-0.2, -0.15) is 0 Å². The van der Waals surface area contributed by atoms with E-state index in [4.69, 9.17) is 15.2 Å². The van der Waals surface area contributed by atoms with E-state index >= 15 is 0 Å². The Labute approximate surface area is 113 Å². The highest BCUT2D eigenvalue weighted by Crippen LogP contribution is 2.12. The molecular formula is C12H22N2O5. The van der Waals surface area contributed by atoms with Crippen LogP contribution in [0.25, 0.3) is 0 Å². The van der Waals surface area contributed by atoms with Gasteiger partial charge in [-0.05, 0) is 27.7 Å². The molecule has 0 heterocycles. The van der Waals surface area contributed by atoms with E-state index in [0.717, 1.165) is 0 Å². The SMILES string of the molecule is CCOC(=O)[C@H](N)N(C(=O)CC)C(=O)OC(C)(C)C. The van der Waals surface area contributed by atoms with Crippen molar-refractivity contribution in [1.82, 2.24) is 4.90 Å². The van der Waals surface area contributed by atoms with Crippen LogP contribution in [0.1, 0.15) is 41.0 Å². The number of esters is 1. The lowest BCUT2D eigenvalue weighted by molar-refractivity contribution is -0.153. The molecule has 0 aromatic carbocycles. The van der Waals surface area contributed by atoms with Gasteiger partial charge in [0.2, 0.25) is 5.91 Å². The fourth-order valence-corrected chi connectivity index (χ4v) is 1.19. The standard InChI is InChI=1S/C12H22N2O5/c1-6-8(15)14(9(13)10(16)18-7-2)11(17)19-12(3,4)5/h9H,6-7,13H2,1-5H3/t9-/m1/s1. The zero-order valence-corrected chi connectivity index (χ0v) is 12.1. The Hall–Kier alpha value is -1.63. The van der Waals surface area contributed by atoms with E-state index in [2.05, 4.69) is 0 Å². The van der Waals surface area contributed by atoms with Crippen LogP contribution in [-0.2, 0) is 19.1 Å². The van der Waals surface area contributed by atoms with Gasteiger partial charge >= 0.3 is 12.1 Å². The molecule has 0 spiro atoms. The molecule has 2 amide bonds. The predicted octanol–water partition coefficient (Wildman–Crippen LogP) is 1.01.